The molecule has 1 atom stereocenters. The van der Waals surface area contributed by atoms with Crippen LogP contribution in [0.25, 0.3) is 0 Å². The Bertz CT molecular complexity index is 382. The van der Waals surface area contributed by atoms with Crippen LogP contribution in [0.1, 0.15) is 39.5 Å². The van der Waals surface area contributed by atoms with E-state index in [2.05, 4.69) is 6.92 Å². The Balaban J connectivity index is 3.20. The van der Waals surface area contributed by atoms with Gasteiger partial charge in [0.15, 0.2) is 0 Å². The molecule has 0 fully saturated rings. The summed E-state index contributed by atoms with van der Waals surface area (Å²) in [4.78, 5) is 11.9. The molecule has 0 N–H and O–H groups in total. The molecule has 0 saturated carbocycles. The topological polar surface area (TPSA) is 90.9 Å². The number of rotatable bonds is 26. The number of hydrogen-bond acceptors (Lipinski definition) is 9. The summed E-state index contributed by atoms with van der Waals surface area (Å²) in [5.74, 6) is -0.105. The fourth-order valence-electron chi connectivity index (χ4n) is 2.60. The number of methoxy groups -OCH3 is 1. The molecule has 0 rings (SSSR count). The van der Waals surface area contributed by atoms with Gasteiger partial charge in [-0.15, -0.1) is 0 Å². The van der Waals surface area contributed by atoms with E-state index in [-0.39, 0.29) is 18.5 Å². The van der Waals surface area contributed by atoms with Gasteiger partial charge >= 0.3 is 5.97 Å². The zero-order chi connectivity index (χ0) is 23.5. The van der Waals surface area contributed by atoms with Crippen molar-refractivity contribution in [2.75, 3.05) is 99.6 Å². The second kappa shape index (κ2) is 26.4. The van der Waals surface area contributed by atoms with Crippen molar-refractivity contribution in [3.8, 4) is 0 Å². The van der Waals surface area contributed by atoms with Crippen LogP contribution in [0, 0.1) is 5.92 Å². The highest BCUT2D eigenvalue weighted by Gasteiger charge is 2.16. The second-order valence-electron chi connectivity index (χ2n) is 7.08. The van der Waals surface area contributed by atoms with Gasteiger partial charge in [0.1, 0.15) is 6.61 Å². The zero-order valence-electron chi connectivity index (χ0n) is 20.5. The monoisotopic (exact) mass is 466 g/mol. The minimum atomic E-state index is -0.113. The van der Waals surface area contributed by atoms with Crippen LogP contribution in [0.5, 0.6) is 0 Å². The van der Waals surface area contributed by atoms with Crippen LogP contribution < -0.4 is 0 Å². The van der Waals surface area contributed by atoms with Gasteiger partial charge in [0, 0.05) is 7.11 Å². The smallest absolute Gasteiger partial charge is 0.308 e. The summed E-state index contributed by atoms with van der Waals surface area (Å²) in [5, 5.41) is 0. The van der Waals surface area contributed by atoms with Crippen LogP contribution >= 0.6 is 0 Å². The fraction of sp³-hybridized carbons (Fsp3) is 0.957. The van der Waals surface area contributed by atoms with Crippen LogP contribution in [-0.2, 0) is 42.7 Å². The van der Waals surface area contributed by atoms with Crippen LogP contribution in [-0.4, -0.2) is 106 Å². The van der Waals surface area contributed by atoms with Crippen molar-refractivity contribution in [2.45, 2.75) is 39.5 Å². The highest BCUT2D eigenvalue weighted by atomic mass is 16.6. The van der Waals surface area contributed by atoms with Gasteiger partial charge in [-0.25, -0.2) is 0 Å². The summed E-state index contributed by atoms with van der Waals surface area (Å²) in [6, 6.07) is 0. The van der Waals surface area contributed by atoms with Crippen LogP contribution in [0.2, 0.25) is 0 Å². The SMILES string of the molecule is CCCCC(CC)C(=O)OCCOCCOCCOCCOCCOCCOCCOC. The van der Waals surface area contributed by atoms with Gasteiger partial charge in [-0.3, -0.25) is 4.79 Å². The van der Waals surface area contributed by atoms with Crippen molar-refractivity contribution in [1.29, 1.82) is 0 Å². The van der Waals surface area contributed by atoms with Crippen molar-refractivity contribution in [3.05, 3.63) is 0 Å². The molecule has 9 heteroatoms. The highest BCUT2D eigenvalue weighted by molar-refractivity contribution is 5.72. The number of carbonyl (C=O) groups excluding carboxylic acids is 1. The lowest BCUT2D eigenvalue weighted by Crippen LogP contribution is -2.20. The van der Waals surface area contributed by atoms with E-state index < -0.39 is 0 Å². The molecule has 0 radical (unpaired) electrons. The molecule has 0 bridgehead atoms. The molecule has 0 heterocycles. The van der Waals surface area contributed by atoms with Gasteiger partial charge in [0.2, 0.25) is 0 Å². The van der Waals surface area contributed by atoms with Crippen molar-refractivity contribution in [1.82, 2.24) is 0 Å². The molecule has 9 nitrogen and oxygen atoms in total. The van der Waals surface area contributed by atoms with Crippen molar-refractivity contribution in [2.24, 2.45) is 5.92 Å². The average molecular weight is 467 g/mol. The molecular formula is C23H46O9. The van der Waals surface area contributed by atoms with Crippen LogP contribution in [0.4, 0.5) is 0 Å². The van der Waals surface area contributed by atoms with Crippen molar-refractivity contribution < 1.29 is 42.7 Å². The zero-order valence-corrected chi connectivity index (χ0v) is 20.5. The Morgan fingerprint density at radius 1 is 0.594 bits per heavy atom. The summed E-state index contributed by atoms with van der Waals surface area (Å²) >= 11 is 0. The number of unbranched alkanes of at least 4 members (excludes halogenated alkanes) is 1. The van der Waals surface area contributed by atoms with E-state index in [0.717, 1.165) is 25.7 Å². The predicted octanol–water partition coefficient (Wildman–Crippen LogP) is 2.49. The van der Waals surface area contributed by atoms with E-state index in [1.165, 1.54) is 0 Å². The molecule has 0 aliphatic rings. The lowest BCUT2D eigenvalue weighted by molar-refractivity contribution is -0.150. The third-order valence-electron chi connectivity index (χ3n) is 4.50. The number of hydrogen-bond donors (Lipinski definition) is 0. The normalized spacial score (nSPS) is 12.2. The molecule has 192 valence electrons. The maximum atomic E-state index is 11.9. The molecule has 1 unspecified atom stereocenters. The molecule has 0 aliphatic heterocycles. The van der Waals surface area contributed by atoms with E-state index in [4.69, 9.17) is 37.9 Å². The largest absolute Gasteiger partial charge is 0.463 e. The maximum absolute atomic E-state index is 11.9. The Morgan fingerprint density at radius 3 is 1.31 bits per heavy atom. The summed E-state index contributed by atoms with van der Waals surface area (Å²) in [6.07, 6.45) is 3.87. The number of ether oxygens (including phenoxy) is 8. The van der Waals surface area contributed by atoms with E-state index in [0.29, 0.717) is 85.9 Å². The lowest BCUT2D eigenvalue weighted by Gasteiger charge is -2.13. The molecule has 0 amide bonds. The first-order chi connectivity index (χ1) is 15.8. The molecule has 32 heavy (non-hydrogen) atoms. The van der Waals surface area contributed by atoms with Crippen molar-refractivity contribution >= 4 is 5.97 Å². The highest BCUT2D eigenvalue weighted by Crippen LogP contribution is 2.14. The first kappa shape index (κ1) is 31.2. The maximum Gasteiger partial charge on any atom is 0.308 e. The van der Waals surface area contributed by atoms with Gasteiger partial charge in [-0.05, 0) is 12.8 Å². The third-order valence-corrected chi connectivity index (χ3v) is 4.50. The molecule has 0 aromatic heterocycles. The molecule has 0 aromatic rings. The van der Waals surface area contributed by atoms with E-state index in [1.807, 2.05) is 6.92 Å². The minimum absolute atomic E-state index is 0.00785. The summed E-state index contributed by atoms with van der Waals surface area (Å²) in [7, 11) is 1.64. The Labute approximate surface area is 194 Å². The lowest BCUT2D eigenvalue weighted by atomic mass is 10.00. The molecular weight excluding hydrogens is 420 g/mol. The Kier molecular flexibility index (Phi) is 25.8. The van der Waals surface area contributed by atoms with E-state index in [9.17, 15) is 4.79 Å². The summed E-state index contributed by atoms with van der Waals surface area (Å²) in [6.45, 7) is 11.2. The predicted molar refractivity (Wildman–Crippen MR) is 121 cm³/mol. The van der Waals surface area contributed by atoms with Crippen LogP contribution in [0.3, 0.4) is 0 Å². The van der Waals surface area contributed by atoms with Gasteiger partial charge in [0.05, 0.1) is 91.8 Å². The second-order valence-corrected chi connectivity index (χ2v) is 7.08. The van der Waals surface area contributed by atoms with Gasteiger partial charge < -0.3 is 37.9 Å². The first-order valence-corrected chi connectivity index (χ1v) is 11.9. The standard InChI is InChI=1S/C23H46O9/c1-4-6-7-22(5-2)23(24)32-21-20-31-19-18-30-17-16-29-15-14-28-13-12-27-11-10-26-9-8-25-3/h22H,4-21H2,1-3H3. The summed E-state index contributed by atoms with van der Waals surface area (Å²) in [5.41, 5.74) is 0. The minimum Gasteiger partial charge on any atom is -0.463 e. The number of carbonyl (C=O) groups is 1. The van der Waals surface area contributed by atoms with E-state index >= 15 is 0 Å². The molecule has 0 spiro atoms. The van der Waals surface area contributed by atoms with Gasteiger partial charge in [-0.1, -0.05) is 26.7 Å². The Morgan fingerprint density at radius 2 is 0.969 bits per heavy atom. The van der Waals surface area contributed by atoms with Gasteiger partial charge in [0.25, 0.3) is 0 Å². The van der Waals surface area contributed by atoms with Crippen molar-refractivity contribution in [3.63, 3.8) is 0 Å². The molecule has 0 saturated heterocycles. The molecule has 0 aliphatic carbocycles. The summed E-state index contributed by atoms with van der Waals surface area (Å²) < 4.78 is 42.5. The average Bonchev–Trinajstić information content (AvgIpc) is 2.80. The molecule has 0 aromatic carbocycles. The number of esters is 1. The van der Waals surface area contributed by atoms with Gasteiger partial charge in [-0.2, -0.15) is 0 Å². The Hall–Kier alpha value is -0.810. The van der Waals surface area contributed by atoms with E-state index in [1.54, 1.807) is 7.11 Å². The first-order valence-electron chi connectivity index (χ1n) is 11.9. The van der Waals surface area contributed by atoms with Crippen LogP contribution in [0.15, 0.2) is 0 Å². The third kappa shape index (κ3) is 22.4. The quantitative estimate of drug-likeness (QED) is 0.141. The fourth-order valence-corrected chi connectivity index (χ4v) is 2.60.